The van der Waals surface area contributed by atoms with E-state index in [0.717, 1.165) is 57.8 Å². The number of halogens is 1. The average molecular weight is 521 g/mol. The minimum absolute atomic E-state index is 0. The molecule has 1 saturated heterocycles. The molecule has 28 heavy (non-hydrogen) atoms. The van der Waals surface area contributed by atoms with Gasteiger partial charge in [-0.1, -0.05) is 6.07 Å². The summed E-state index contributed by atoms with van der Waals surface area (Å²) in [5.74, 6) is 2.51. The Balaban J connectivity index is 0.00000280. The smallest absolute Gasteiger partial charge is 0.193 e. The summed E-state index contributed by atoms with van der Waals surface area (Å²) in [5, 5.41) is 5.61. The van der Waals surface area contributed by atoms with Crippen molar-refractivity contribution < 1.29 is 4.74 Å². The number of nitrogens with one attached hydrogen (secondary N) is 1. The van der Waals surface area contributed by atoms with E-state index in [4.69, 9.17) is 9.73 Å². The first-order valence-corrected chi connectivity index (χ1v) is 11.4. The third-order valence-electron chi connectivity index (χ3n) is 5.38. The van der Waals surface area contributed by atoms with Gasteiger partial charge in [-0.2, -0.15) is 0 Å². The van der Waals surface area contributed by atoms with Crippen LogP contribution in [0.15, 0.2) is 22.5 Å². The van der Waals surface area contributed by atoms with Gasteiger partial charge in [-0.05, 0) is 62.4 Å². The summed E-state index contributed by atoms with van der Waals surface area (Å²) in [6.45, 7) is 10.0. The van der Waals surface area contributed by atoms with Crippen LogP contribution in [0, 0.1) is 11.8 Å². The SMILES string of the molecule is CCNC(=NCC1CCCN(Cc2cccs2)C1)N(C)CCOCC1CC1.I. The van der Waals surface area contributed by atoms with Gasteiger partial charge in [0.2, 0.25) is 0 Å². The van der Waals surface area contributed by atoms with Gasteiger partial charge >= 0.3 is 0 Å². The lowest BCUT2D eigenvalue weighted by atomic mass is 9.98. The Labute approximate surface area is 191 Å². The predicted octanol–water partition coefficient (Wildman–Crippen LogP) is 3.90. The summed E-state index contributed by atoms with van der Waals surface area (Å²) in [6.07, 6.45) is 5.28. The van der Waals surface area contributed by atoms with Gasteiger partial charge in [0, 0.05) is 51.3 Å². The van der Waals surface area contributed by atoms with Crippen LogP contribution < -0.4 is 5.32 Å². The molecule has 0 bridgehead atoms. The highest BCUT2D eigenvalue weighted by Crippen LogP contribution is 2.28. The number of hydrogen-bond donors (Lipinski definition) is 1. The second-order valence-electron chi connectivity index (χ2n) is 7.96. The molecule has 2 heterocycles. The summed E-state index contributed by atoms with van der Waals surface area (Å²) < 4.78 is 5.78. The van der Waals surface area contributed by atoms with Crippen molar-refractivity contribution >= 4 is 41.3 Å². The topological polar surface area (TPSA) is 40.1 Å². The molecule has 0 radical (unpaired) electrons. The van der Waals surface area contributed by atoms with E-state index in [-0.39, 0.29) is 24.0 Å². The first-order chi connectivity index (χ1) is 13.2. The van der Waals surface area contributed by atoms with Crippen molar-refractivity contribution in [1.82, 2.24) is 15.1 Å². The van der Waals surface area contributed by atoms with Gasteiger partial charge in [-0.25, -0.2) is 0 Å². The molecule has 1 aliphatic carbocycles. The zero-order chi connectivity index (χ0) is 18.9. The van der Waals surface area contributed by atoms with Crippen LogP contribution in [-0.4, -0.2) is 68.7 Å². The number of guanidine groups is 1. The van der Waals surface area contributed by atoms with Crippen LogP contribution in [-0.2, 0) is 11.3 Å². The Morgan fingerprint density at radius 3 is 2.93 bits per heavy atom. The highest BCUT2D eigenvalue weighted by molar-refractivity contribution is 14.0. The molecule has 160 valence electrons. The van der Waals surface area contributed by atoms with Gasteiger partial charge in [0.25, 0.3) is 0 Å². The van der Waals surface area contributed by atoms with E-state index in [2.05, 4.69) is 46.6 Å². The number of likely N-dealkylation sites (tertiary alicyclic amines) is 1. The summed E-state index contributed by atoms with van der Waals surface area (Å²) in [6, 6.07) is 4.40. The number of nitrogens with zero attached hydrogens (tertiary/aromatic N) is 3. The minimum Gasteiger partial charge on any atom is -0.379 e. The van der Waals surface area contributed by atoms with Crippen LogP contribution in [0.4, 0.5) is 0 Å². The molecule has 2 aliphatic rings. The molecule has 5 nitrogen and oxygen atoms in total. The zero-order valence-corrected chi connectivity index (χ0v) is 20.6. The average Bonchev–Trinajstić information content (AvgIpc) is 3.37. The van der Waals surface area contributed by atoms with E-state index in [1.165, 1.54) is 37.1 Å². The summed E-state index contributed by atoms with van der Waals surface area (Å²) >= 11 is 1.86. The quantitative estimate of drug-likeness (QED) is 0.220. The van der Waals surface area contributed by atoms with Crippen molar-refractivity contribution in [2.45, 2.75) is 39.2 Å². The van der Waals surface area contributed by atoms with E-state index in [1.54, 1.807) is 0 Å². The first kappa shape index (κ1) is 23.9. The maximum Gasteiger partial charge on any atom is 0.193 e. The Morgan fingerprint density at radius 2 is 2.21 bits per heavy atom. The predicted molar refractivity (Wildman–Crippen MR) is 130 cm³/mol. The molecule has 0 amide bonds. The van der Waals surface area contributed by atoms with E-state index >= 15 is 0 Å². The number of thiophene rings is 1. The van der Waals surface area contributed by atoms with Crippen LogP contribution in [0.3, 0.4) is 0 Å². The van der Waals surface area contributed by atoms with Crippen molar-refractivity contribution in [3.05, 3.63) is 22.4 Å². The molecule has 1 aromatic heterocycles. The fourth-order valence-corrected chi connectivity index (χ4v) is 4.34. The molecule has 1 N–H and O–H groups in total. The van der Waals surface area contributed by atoms with Crippen molar-refractivity contribution in [1.29, 1.82) is 0 Å². The molecular weight excluding hydrogens is 483 g/mol. The lowest BCUT2D eigenvalue weighted by Crippen LogP contribution is -2.41. The second-order valence-corrected chi connectivity index (χ2v) is 8.99. The van der Waals surface area contributed by atoms with Crippen molar-refractivity contribution in [2.75, 3.05) is 53.0 Å². The number of ether oxygens (including phenoxy) is 1. The molecule has 2 fully saturated rings. The lowest BCUT2D eigenvalue weighted by Gasteiger charge is -2.32. The molecule has 3 rings (SSSR count). The number of aliphatic imine (C=N–C) groups is 1. The molecule has 1 saturated carbocycles. The monoisotopic (exact) mass is 520 g/mol. The Bertz CT molecular complexity index is 565. The van der Waals surface area contributed by atoms with Crippen molar-refractivity contribution in [2.24, 2.45) is 16.8 Å². The van der Waals surface area contributed by atoms with Gasteiger partial charge in [0.15, 0.2) is 5.96 Å². The number of piperidine rings is 1. The van der Waals surface area contributed by atoms with E-state index in [9.17, 15) is 0 Å². The molecule has 7 heteroatoms. The zero-order valence-electron chi connectivity index (χ0n) is 17.4. The Kier molecular flexibility index (Phi) is 11.1. The van der Waals surface area contributed by atoms with Crippen LogP contribution >= 0.6 is 35.3 Å². The normalized spacial score (nSPS) is 20.6. The highest BCUT2D eigenvalue weighted by Gasteiger charge is 2.22. The molecule has 1 aliphatic heterocycles. The van der Waals surface area contributed by atoms with Crippen LogP contribution in [0.1, 0.15) is 37.5 Å². The molecule has 0 aromatic carbocycles. The lowest BCUT2D eigenvalue weighted by molar-refractivity contribution is 0.115. The van der Waals surface area contributed by atoms with Gasteiger partial charge in [-0.15, -0.1) is 35.3 Å². The molecule has 1 unspecified atom stereocenters. The Morgan fingerprint density at radius 1 is 1.36 bits per heavy atom. The maximum atomic E-state index is 5.78. The van der Waals surface area contributed by atoms with Gasteiger partial charge in [0.05, 0.1) is 6.61 Å². The van der Waals surface area contributed by atoms with E-state index < -0.39 is 0 Å². The number of hydrogen-bond acceptors (Lipinski definition) is 4. The van der Waals surface area contributed by atoms with Gasteiger partial charge < -0.3 is 15.0 Å². The first-order valence-electron chi connectivity index (χ1n) is 10.6. The van der Waals surface area contributed by atoms with Crippen molar-refractivity contribution in [3.8, 4) is 0 Å². The molecular formula is C21H37IN4OS. The van der Waals surface area contributed by atoms with Gasteiger partial charge in [-0.3, -0.25) is 9.89 Å². The van der Waals surface area contributed by atoms with Crippen molar-refractivity contribution in [3.63, 3.8) is 0 Å². The van der Waals surface area contributed by atoms with Crippen LogP contribution in [0.25, 0.3) is 0 Å². The van der Waals surface area contributed by atoms with E-state index in [0.29, 0.717) is 5.92 Å². The fraction of sp³-hybridized carbons (Fsp3) is 0.762. The summed E-state index contributed by atoms with van der Waals surface area (Å²) in [4.78, 5) is 11.2. The molecule has 0 spiro atoms. The third kappa shape index (κ3) is 8.55. The highest BCUT2D eigenvalue weighted by atomic mass is 127. The summed E-state index contributed by atoms with van der Waals surface area (Å²) in [5.41, 5.74) is 0. The van der Waals surface area contributed by atoms with Crippen LogP contribution in [0.5, 0.6) is 0 Å². The minimum atomic E-state index is 0. The molecule has 1 atom stereocenters. The van der Waals surface area contributed by atoms with Gasteiger partial charge in [0.1, 0.15) is 0 Å². The second kappa shape index (κ2) is 13.0. The third-order valence-corrected chi connectivity index (χ3v) is 6.24. The standard InChI is InChI=1S/C21H36N4OS.HI/c1-3-22-21(24(2)11-12-26-17-18-8-9-18)23-14-19-6-4-10-25(15-19)16-20-7-5-13-27-20;/h5,7,13,18-19H,3-4,6,8-12,14-17H2,1-2H3,(H,22,23);1H. The largest absolute Gasteiger partial charge is 0.379 e. The summed E-state index contributed by atoms with van der Waals surface area (Å²) in [7, 11) is 2.12. The van der Waals surface area contributed by atoms with E-state index in [1.807, 2.05) is 11.3 Å². The van der Waals surface area contributed by atoms with Crippen LogP contribution in [0.2, 0.25) is 0 Å². The number of likely N-dealkylation sites (N-methyl/N-ethyl adjacent to an activating group) is 1. The fourth-order valence-electron chi connectivity index (χ4n) is 3.59. The Hall–Kier alpha value is -0.380. The molecule has 1 aromatic rings. The number of rotatable bonds is 10. The maximum absolute atomic E-state index is 5.78.